The number of aromatic nitrogens is 2. The molecule has 0 aliphatic rings. The number of hydrogen-bond acceptors (Lipinski definition) is 1. The van der Waals surface area contributed by atoms with Gasteiger partial charge in [-0.15, -0.1) is 11.3 Å². The van der Waals surface area contributed by atoms with Gasteiger partial charge in [-0.05, 0) is 47.9 Å². The molecule has 0 aliphatic carbocycles. The van der Waals surface area contributed by atoms with Gasteiger partial charge in [0.25, 0.3) is 0 Å². The van der Waals surface area contributed by atoms with E-state index in [0.29, 0.717) is 0 Å². The summed E-state index contributed by atoms with van der Waals surface area (Å²) in [6, 6.07) is 53.5. The summed E-state index contributed by atoms with van der Waals surface area (Å²) in [6.07, 6.45) is 0. The van der Waals surface area contributed by atoms with E-state index in [-0.39, 0.29) is 0 Å². The molecule has 200 valence electrons. The van der Waals surface area contributed by atoms with Gasteiger partial charge < -0.3 is 9.13 Å². The SMILES string of the molecule is c1ccc(-n2c3c4ccccc4ccc3c3ccc4c5ccccc5n(-c5ccc6sc7ccccc7c6c5)c4c32)cc1. The molecule has 43 heavy (non-hydrogen) atoms. The molecule has 0 aliphatic heterocycles. The topological polar surface area (TPSA) is 9.86 Å². The van der Waals surface area contributed by atoms with Crippen LogP contribution in [0.25, 0.3) is 85.9 Å². The smallest absolute Gasteiger partial charge is 0.0789 e. The average molecular weight is 565 g/mol. The summed E-state index contributed by atoms with van der Waals surface area (Å²) in [4.78, 5) is 0. The van der Waals surface area contributed by atoms with E-state index in [1.807, 2.05) is 11.3 Å². The highest BCUT2D eigenvalue weighted by Gasteiger charge is 2.22. The third-order valence-corrected chi connectivity index (χ3v) is 10.2. The van der Waals surface area contributed by atoms with E-state index < -0.39 is 0 Å². The fourth-order valence-electron chi connectivity index (χ4n) is 7.27. The van der Waals surface area contributed by atoms with E-state index in [1.54, 1.807) is 0 Å². The predicted molar refractivity (Wildman–Crippen MR) is 186 cm³/mol. The Morgan fingerprint density at radius 3 is 1.86 bits per heavy atom. The first-order valence-electron chi connectivity index (χ1n) is 14.7. The average Bonchev–Trinajstić information content (AvgIpc) is 3.72. The van der Waals surface area contributed by atoms with E-state index in [2.05, 4.69) is 155 Å². The van der Waals surface area contributed by atoms with Crippen LogP contribution in [0.5, 0.6) is 0 Å². The first-order valence-corrected chi connectivity index (χ1v) is 15.5. The van der Waals surface area contributed by atoms with Gasteiger partial charge in [-0.2, -0.15) is 0 Å². The molecule has 0 N–H and O–H groups in total. The van der Waals surface area contributed by atoms with Gasteiger partial charge in [0.05, 0.1) is 22.1 Å². The molecule has 3 heteroatoms. The minimum Gasteiger partial charge on any atom is -0.307 e. The molecule has 2 nitrogen and oxygen atoms in total. The van der Waals surface area contributed by atoms with Crippen LogP contribution in [0.1, 0.15) is 0 Å². The van der Waals surface area contributed by atoms with Crippen molar-refractivity contribution in [3.8, 4) is 11.4 Å². The Labute approximate surface area is 251 Å². The number of hydrogen-bond donors (Lipinski definition) is 0. The molecule has 0 bridgehead atoms. The van der Waals surface area contributed by atoms with Crippen molar-refractivity contribution in [2.24, 2.45) is 0 Å². The maximum atomic E-state index is 2.50. The van der Waals surface area contributed by atoms with Crippen LogP contribution in [-0.4, -0.2) is 9.13 Å². The molecule has 0 atom stereocenters. The number of para-hydroxylation sites is 2. The second kappa shape index (κ2) is 8.57. The van der Waals surface area contributed by atoms with Gasteiger partial charge in [0.1, 0.15) is 0 Å². The summed E-state index contributed by atoms with van der Waals surface area (Å²) < 4.78 is 7.65. The molecule has 0 saturated heterocycles. The van der Waals surface area contributed by atoms with E-state index in [4.69, 9.17) is 0 Å². The van der Waals surface area contributed by atoms with Gasteiger partial charge in [0.2, 0.25) is 0 Å². The van der Waals surface area contributed by atoms with Crippen LogP contribution in [0.3, 0.4) is 0 Å². The Balaban J connectivity index is 1.46. The lowest BCUT2D eigenvalue weighted by Gasteiger charge is -2.13. The quantitative estimate of drug-likeness (QED) is 0.198. The fraction of sp³-hybridized carbons (Fsp3) is 0. The van der Waals surface area contributed by atoms with E-state index in [1.165, 1.54) is 85.9 Å². The summed E-state index contributed by atoms with van der Waals surface area (Å²) >= 11 is 1.87. The number of thiophene rings is 1. The van der Waals surface area contributed by atoms with E-state index >= 15 is 0 Å². The highest BCUT2D eigenvalue weighted by molar-refractivity contribution is 7.25. The van der Waals surface area contributed by atoms with Crippen LogP contribution in [0.15, 0.2) is 146 Å². The van der Waals surface area contributed by atoms with E-state index in [9.17, 15) is 0 Å². The molecule has 10 aromatic rings. The lowest BCUT2D eigenvalue weighted by molar-refractivity contribution is 1.15. The van der Waals surface area contributed by atoms with Crippen molar-refractivity contribution >= 4 is 85.9 Å². The van der Waals surface area contributed by atoms with Gasteiger partial charge in [-0.1, -0.05) is 103 Å². The van der Waals surface area contributed by atoms with Gasteiger partial charge in [0.15, 0.2) is 0 Å². The van der Waals surface area contributed by atoms with Crippen molar-refractivity contribution in [3.05, 3.63) is 146 Å². The Kier molecular flexibility index (Phi) is 4.63. The first kappa shape index (κ1) is 23.2. The molecule has 0 saturated carbocycles. The zero-order valence-corrected chi connectivity index (χ0v) is 24.0. The first-order chi connectivity index (χ1) is 21.3. The second-order valence-electron chi connectivity index (χ2n) is 11.3. The standard InChI is InChI=1S/C40H24N2S/c1-2-11-26(12-3-1)42-38-28-13-5-4-10-25(28)18-20-32(38)33-22-21-31-29-14-6-8-16-35(29)41(39(31)40(33)42)27-19-23-37-34(24-27)30-15-7-9-17-36(30)43-37/h1-24H. The van der Waals surface area contributed by atoms with Gasteiger partial charge in [0, 0.05) is 58.5 Å². The minimum absolute atomic E-state index is 1.17. The lowest BCUT2D eigenvalue weighted by atomic mass is 10.0. The highest BCUT2D eigenvalue weighted by Crippen LogP contribution is 2.44. The largest absolute Gasteiger partial charge is 0.307 e. The van der Waals surface area contributed by atoms with Crippen LogP contribution in [0.4, 0.5) is 0 Å². The second-order valence-corrected chi connectivity index (χ2v) is 12.4. The number of rotatable bonds is 2. The third kappa shape index (κ3) is 3.12. The van der Waals surface area contributed by atoms with Crippen LogP contribution in [0.2, 0.25) is 0 Å². The Morgan fingerprint density at radius 2 is 0.977 bits per heavy atom. The van der Waals surface area contributed by atoms with Crippen molar-refractivity contribution in [2.45, 2.75) is 0 Å². The Bertz CT molecular complexity index is 2720. The van der Waals surface area contributed by atoms with Crippen molar-refractivity contribution in [1.29, 1.82) is 0 Å². The van der Waals surface area contributed by atoms with E-state index in [0.717, 1.165) is 0 Å². The Hall–Kier alpha value is -5.38. The van der Waals surface area contributed by atoms with Gasteiger partial charge in [-0.25, -0.2) is 0 Å². The molecule has 7 aromatic carbocycles. The normalized spacial score (nSPS) is 12.2. The van der Waals surface area contributed by atoms with Crippen molar-refractivity contribution in [1.82, 2.24) is 9.13 Å². The number of nitrogens with zero attached hydrogens (tertiary/aromatic N) is 2. The van der Waals surface area contributed by atoms with Crippen LogP contribution < -0.4 is 0 Å². The predicted octanol–water partition coefficient (Wildman–Crippen LogP) is 11.4. The zero-order chi connectivity index (χ0) is 28.1. The summed E-state index contributed by atoms with van der Waals surface area (Å²) in [5.74, 6) is 0. The molecular weight excluding hydrogens is 541 g/mol. The third-order valence-electron chi connectivity index (χ3n) is 9.08. The summed E-state index contributed by atoms with van der Waals surface area (Å²) in [5, 5.41) is 10.2. The Morgan fingerprint density at radius 1 is 0.349 bits per heavy atom. The molecule has 3 heterocycles. The molecule has 10 rings (SSSR count). The van der Waals surface area contributed by atoms with Crippen LogP contribution >= 0.6 is 11.3 Å². The van der Waals surface area contributed by atoms with Crippen molar-refractivity contribution in [2.75, 3.05) is 0 Å². The maximum absolute atomic E-state index is 2.50. The molecule has 0 fully saturated rings. The van der Waals surface area contributed by atoms with Gasteiger partial charge in [-0.3, -0.25) is 0 Å². The van der Waals surface area contributed by atoms with Crippen LogP contribution in [-0.2, 0) is 0 Å². The molecule has 0 spiro atoms. The summed E-state index contributed by atoms with van der Waals surface area (Å²) in [6.45, 7) is 0. The molecule has 0 radical (unpaired) electrons. The molecule has 3 aromatic heterocycles. The zero-order valence-electron chi connectivity index (χ0n) is 23.2. The number of fused-ring (bicyclic) bond motifs is 12. The number of benzene rings is 7. The summed E-state index contributed by atoms with van der Waals surface area (Å²) in [5.41, 5.74) is 7.30. The molecule has 0 unspecified atom stereocenters. The monoisotopic (exact) mass is 564 g/mol. The molecular formula is C40H24N2S. The maximum Gasteiger partial charge on any atom is 0.0789 e. The van der Waals surface area contributed by atoms with Crippen molar-refractivity contribution < 1.29 is 0 Å². The summed E-state index contributed by atoms with van der Waals surface area (Å²) in [7, 11) is 0. The fourth-order valence-corrected chi connectivity index (χ4v) is 8.35. The lowest BCUT2D eigenvalue weighted by Crippen LogP contribution is -1.98. The highest BCUT2D eigenvalue weighted by atomic mass is 32.1. The van der Waals surface area contributed by atoms with Gasteiger partial charge >= 0.3 is 0 Å². The molecule has 0 amide bonds. The minimum atomic E-state index is 1.17. The van der Waals surface area contributed by atoms with Crippen LogP contribution in [0, 0.1) is 0 Å². The van der Waals surface area contributed by atoms with Crippen molar-refractivity contribution in [3.63, 3.8) is 0 Å².